The number of hydrogen-bond acceptors (Lipinski definition) is 3. The van der Waals surface area contributed by atoms with Crippen molar-refractivity contribution in [2.45, 2.75) is 25.1 Å². The fourth-order valence-electron chi connectivity index (χ4n) is 2.41. The van der Waals surface area contributed by atoms with Gasteiger partial charge in [0.15, 0.2) is 0 Å². The van der Waals surface area contributed by atoms with Crippen LogP contribution < -0.4 is 5.32 Å². The lowest BCUT2D eigenvalue weighted by Crippen LogP contribution is -2.31. The van der Waals surface area contributed by atoms with E-state index >= 15 is 0 Å². The minimum Gasteiger partial charge on any atom is -0.372 e. The minimum absolute atomic E-state index is 0.199. The van der Waals surface area contributed by atoms with Gasteiger partial charge in [0.05, 0.1) is 6.10 Å². The lowest BCUT2D eigenvalue weighted by molar-refractivity contribution is 0.0985. The SMILES string of the molecule is c1ccc([C@H]2OCC[C@@H]2NCc2ccsc2)cc1. The summed E-state index contributed by atoms with van der Waals surface area (Å²) in [6.45, 7) is 1.78. The molecule has 1 aliphatic rings. The van der Waals surface area contributed by atoms with Crippen LogP contribution in [0.15, 0.2) is 47.2 Å². The molecule has 2 aromatic rings. The van der Waals surface area contributed by atoms with Crippen LogP contribution >= 0.6 is 11.3 Å². The predicted molar refractivity (Wildman–Crippen MR) is 74.7 cm³/mol. The monoisotopic (exact) mass is 259 g/mol. The van der Waals surface area contributed by atoms with Crippen LogP contribution in [-0.4, -0.2) is 12.6 Å². The van der Waals surface area contributed by atoms with Crippen molar-refractivity contribution < 1.29 is 4.74 Å². The number of ether oxygens (including phenoxy) is 1. The molecule has 1 aromatic carbocycles. The Balaban J connectivity index is 1.65. The van der Waals surface area contributed by atoms with Crippen LogP contribution in [0.1, 0.15) is 23.7 Å². The highest BCUT2D eigenvalue weighted by atomic mass is 32.1. The van der Waals surface area contributed by atoms with Crippen LogP contribution in [-0.2, 0) is 11.3 Å². The average molecular weight is 259 g/mol. The molecule has 1 fully saturated rings. The van der Waals surface area contributed by atoms with Crippen molar-refractivity contribution in [2.75, 3.05) is 6.61 Å². The van der Waals surface area contributed by atoms with Crippen molar-refractivity contribution in [1.29, 1.82) is 0 Å². The largest absolute Gasteiger partial charge is 0.372 e. The summed E-state index contributed by atoms with van der Waals surface area (Å²) in [5, 5.41) is 7.93. The molecule has 1 N–H and O–H groups in total. The molecule has 0 bridgehead atoms. The molecule has 2 heterocycles. The van der Waals surface area contributed by atoms with Crippen LogP contribution in [0.25, 0.3) is 0 Å². The Morgan fingerprint density at radius 1 is 1.22 bits per heavy atom. The normalized spacial score (nSPS) is 23.3. The topological polar surface area (TPSA) is 21.3 Å². The van der Waals surface area contributed by atoms with Crippen molar-refractivity contribution in [2.24, 2.45) is 0 Å². The van der Waals surface area contributed by atoms with Gasteiger partial charge in [-0.25, -0.2) is 0 Å². The second kappa shape index (κ2) is 5.65. The van der Waals surface area contributed by atoms with E-state index in [0.29, 0.717) is 6.04 Å². The summed E-state index contributed by atoms with van der Waals surface area (Å²) in [6, 6.07) is 13.1. The van der Waals surface area contributed by atoms with E-state index in [4.69, 9.17) is 4.74 Å². The van der Waals surface area contributed by atoms with E-state index in [1.54, 1.807) is 11.3 Å². The summed E-state index contributed by atoms with van der Waals surface area (Å²) in [5.41, 5.74) is 2.64. The Bertz CT molecular complexity index is 469. The Morgan fingerprint density at radius 3 is 2.89 bits per heavy atom. The van der Waals surface area contributed by atoms with Crippen molar-refractivity contribution in [3.63, 3.8) is 0 Å². The average Bonchev–Trinajstić information content (AvgIpc) is 3.09. The quantitative estimate of drug-likeness (QED) is 0.909. The highest BCUT2D eigenvalue weighted by Crippen LogP contribution is 2.29. The molecule has 3 rings (SSSR count). The Labute approximate surface area is 112 Å². The van der Waals surface area contributed by atoms with Crippen molar-refractivity contribution in [3.05, 3.63) is 58.3 Å². The first-order chi connectivity index (χ1) is 8.93. The molecule has 0 radical (unpaired) electrons. The molecule has 0 aliphatic carbocycles. The molecule has 2 nitrogen and oxygen atoms in total. The zero-order valence-electron chi connectivity index (χ0n) is 10.2. The number of thiophene rings is 1. The molecular weight excluding hydrogens is 242 g/mol. The number of benzene rings is 1. The summed E-state index contributed by atoms with van der Waals surface area (Å²) in [5.74, 6) is 0. The number of nitrogens with one attached hydrogen (secondary N) is 1. The molecule has 1 aromatic heterocycles. The molecule has 2 atom stereocenters. The maximum absolute atomic E-state index is 5.86. The molecule has 94 valence electrons. The number of hydrogen-bond donors (Lipinski definition) is 1. The lowest BCUT2D eigenvalue weighted by atomic mass is 10.0. The molecule has 1 aliphatic heterocycles. The van der Waals surface area contributed by atoms with E-state index in [0.717, 1.165) is 19.6 Å². The fourth-order valence-corrected chi connectivity index (χ4v) is 3.08. The van der Waals surface area contributed by atoms with Gasteiger partial charge < -0.3 is 10.1 Å². The van der Waals surface area contributed by atoms with Crippen LogP contribution in [0, 0.1) is 0 Å². The molecular formula is C15H17NOS. The van der Waals surface area contributed by atoms with Gasteiger partial charge in [-0.15, -0.1) is 0 Å². The van der Waals surface area contributed by atoms with E-state index < -0.39 is 0 Å². The van der Waals surface area contributed by atoms with Crippen molar-refractivity contribution in [1.82, 2.24) is 5.32 Å². The Morgan fingerprint density at radius 2 is 2.11 bits per heavy atom. The summed E-state index contributed by atoms with van der Waals surface area (Å²) in [6.07, 6.45) is 1.29. The highest BCUT2D eigenvalue weighted by Gasteiger charge is 2.28. The maximum atomic E-state index is 5.86. The third-order valence-electron chi connectivity index (χ3n) is 3.37. The second-order valence-electron chi connectivity index (χ2n) is 4.61. The molecule has 3 heteroatoms. The first-order valence-electron chi connectivity index (χ1n) is 6.34. The first kappa shape index (κ1) is 11.9. The van der Waals surface area contributed by atoms with Crippen molar-refractivity contribution in [3.8, 4) is 0 Å². The van der Waals surface area contributed by atoms with Gasteiger partial charge in [-0.2, -0.15) is 11.3 Å². The van der Waals surface area contributed by atoms with Gasteiger partial charge in [0.1, 0.15) is 0 Å². The van der Waals surface area contributed by atoms with Crippen LogP contribution in [0.3, 0.4) is 0 Å². The molecule has 0 unspecified atom stereocenters. The van der Waals surface area contributed by atoms with Gasteiger partial charge >= 0.3 is 0 Å². The standard InChI is InChI=1S/C15H17NOS/c1-2-4-13(5-3-1)15-14(6-8-17-15)16-10-12-7-9-18-11-12/h1-5,7,9,11,14-16H,6,8,10H2/t14-,15+/m0/s1. The zero-order valence-corrected chi connectivity index (χ0v) is 11.0. The summed E-state index contributed by atoms with van der Waals surface area (Å²) < 4.78 is 5.86. The third kappa shape index (κ3) is 2.64. The Hall–Kier alpha value is -1.16. The van der Waals surface area contributed by atoms with Crippen LogP contribution in [0.2, 0.25) is 0 Å². The summed E-state index contributed by atoms with van der Waals surface area (Å²) in [7, 11) is 0. The van der Waals surface area contributed by atoms with E-state index in [9.17, 15) is 0 Å². The van der Waals surface area contributed by atoms with E-state index in [1.807, 2.05) is 6.07 Å². The van der Waals surface area contributed by atoms with Gasteiger partial charge in [-0.3, -0.25) is 0 Å². The predicted octanol–water partition coefficient (Wildman–Crippen LogP) is 3.37. The molecule has 18 heavy (non-hydrogen) atoms. The van der Waals surface area contributed by atoms with E-state index in [2.05, 4.69) is 46.4 Å². The molecule has 0 spiro atoms. The zero-order chi connectivity index (χ0) is 12.2. The maximum Gasteiger partial charge on any atom is 0.0978 e. The lowest BCUT2D eigenvalue weighted by Gasteiger charge is -2.20. The van der Waals surface area contributed by atoms with Crippen molar-refractivity contribution >= 4 is 11.3 Å². The third-order valence-corrected chi connectivity index (χ3v) is 4.10. The van der Waals surface area contributed by atoms with E-state index in [1.165, 1.54) is 11.1 Å². The van der Waals surface area contributed by atoms with Gasteiger partial charge in [0.2, 0.25) is 0 Å². The Kier molecular flexibility index (Phi) is 3.74. The second-order valence-corrected chi connectivity index (χ2v) is 5.39. The van der Waals surface area contributed by atoms with Crippen LogP contribution in [0.5, 0.6) is 0 Å². The number of rotatable bonds is 4. The van der Waals surface area contributed by atoms with Gasteiger partial charge in [0.25, 0.3) is 0 Å². The van der Waals surface area contributed by atoms with Gasteiger partial charge in [-0.1, -0.05) is 30.3 Å². The summed E-state index contributed by atoms with van der Waals surface area (Å²) in [4.78, 5) is 0. The smallest absolute Gasteiger partial charge is 0.0978 e. The highest BCUT2D eigenvalue weighted by molar-refractivity contribution is 7.07. The molecule has 0 saturated carbocycles. The van der Waals surface area contributed by atoms with E-state index in [-0.39, 0.29) is 6.10 Å². The van der Waals surface area contributed by atoms with Crippen LogP contribution in [0.4, 0.5) is 0 Å². The molecule has 1 saturated heterocycles. The van der Waals surface area contributed by atoms with Gasteiger partial charge in [-0.05, 0) is 34.4 Å². The first-order valence-corrected chi connectivity index (χ1v) is 7.29. The fraction of sp³-hybridized carbons (Fsp3) is 0.333. The van der Waals surface area contributed by atoms with Gasteiger partial charge in [0, 0.05) is 19.2 Å². The summed E-state index contributed by atoms with van der Waals surface area (Å²) >= 11 is 1.75. The molecule has 0 amide bonds. The minimum atomic E-state index is 0.199.